The standard InChI is InChI=1S/C12H25NS/c1-3-11-5-8-12(13,9-6-11)7-4-10-14-2/h11H,3-10,13H2,1-2H3. The van der Waals surface area contributed by atoms with Crippen molar-refractivity contribution >= 4 is 11.8 Å². The SMILES string of the molecule is CCC1CCC(N)(CCCSC)CC1. The van der Waals surface area contributed by atoms with Crippen LogP contribution < -0.4 is 5.73 Å². The molecule has 1 saturated carbocycles. The zero-order chi connectivity index (χ0) is 10.4. The van der Waals surface area contributed by atoms with E-state index in [1.807, 2.05) is 11.8 Å². The molecule has 2 heteroatoms. The Balaban J connectivity index is 2.23. The fourth-order valence-electron chi connectivity index (χ4n) is 2.48. The summed E-state index contributed by atoms with van der Waals surface area (Å²) in [5, 5.41) is 0. The molecule has 1 aliphatic carbocycles. The van der Waals surface area contributed by atoms with Crippen LogP contribution in [0.3, 0.4) is 0 Å². The first-order chi connectivity index (χ1) is 6.70. The quantitative estimate of drug-likeness (QED) is 0.711. The number of rotatable bonds is 5. The average Bonchev–Trinajstić information content (AvgIpc) is 2.19. The Labute approximate surface area is 93.2 Å². The molecule has 1 nitrogen and oxygen atoms in total. The maximum Gasteiger partial charge on any atom is 0.0154 e. The molecule has 14 heavy (non-hydrogen) atoms. The second-order valence-electron chi connectivity index (χ2n) is 4.81. The van der Waals surface area contributed by atoms with Crippen molar-refractivity contribution in [3.05, 3.63) is 0 Å². The lowest BCUT2D eigenvalue weighted by molar-refractivity contribution is 0.217. The van der Waals surface area contributed by atoms with E-state index >= 15 is 0 Å². The molecular weight excluding hydrogens is 190 g/mol. The highest BCUT2D eigenvalue weighted by Crippen LogP contribution is 2.34. The molecule has 0 aromatic rings. The average molecular weight is 215 g/mol. The maximum atomic E-state index is 6.41. The fraction of sp³-hybridized carbons (Fsp3) is 1.00. The minimum absolute atomic E-state index is 0.196. The van der Waals surface area contributed by atoms with Crippen LogP contribution in [0.2, 0.25) is 0 Å². The molecule has 0 spiro atoms. The molecule has 0 radical (unpaired) electrons. The van der Waals surface area contributed by atoms with E-state index in [0.29, 0.717) is 0 Å². The van der Waals surface area contributed by atoms with Gasteiger partial charge >= 0.3 is 0 Å². The third-order valence-corrected chi connectivity index (χ3v) is 4.40. The van der Waals surface area contributed by atoms with Gasteiger partial charge in [0.2, 0.25) is 0 Å². The third kappa shape index (κ3) is 3.82. The van der Waals surface area contributed by atoms with Gasteiger partial charge in [-0.2, -0.15) is 11.8 Å². The minimum Gasteiger partial charge on any atom is -0.325 e. The van der Waals surface area contributed by atoms with Gasteiger partial charge in [-0.3, -0.25) is 0 Å². The third-order valence-electron chi connectivity index (χ3n) is 3.70. The number of nitrogens with two attached hydrogens (primary N) is 1. The van der Waals surface area contributed by atoms with E-state index in [0.717, 1.165) is 5.92 Å². The van der Waals surface area contributed by atoms with Crippen LogP contribution in [-0.2, 0) is 0 Å². The summed E-state index contributed by atoms with van der Waals surface area (Å²) in [5.74, 6) is 2.24. The summed E-state index contributed by atoms with van der Waals surface area (Å²) in [6, 6.07) is 0. The summed E-state index contributed by atoms with van der Waals surface area (Å²) >= 11 is 1.94. The molecule has 1 fully saturated rings. The summed E-state index contributed by atoms with van der Waals surface area (Å²) in [6.45, 7) is 2.31. The van der Waals surface area contributed by atoms with Gasteiger partial charge in [-0.1, -0.05) is 13.3 Å². The molecule has 1 aliphatic rings. The first-order valence-corrected chi connectivity index (χ1v) is 7.37. The van der Waals surface area contributed by atoms with Crippen LogP contribution in [0.1, 0.15) is 51.9 Å². The molecule has 0 heterocycles. The first kappa shape index (κ1) is 12.4. The molecule has 0 amide bonds. The van der Waals surface area contributed by atoms with Crippen molar-refractivity contribution < 1.29 is 0 Å². The number of thioether (sulfide) groups is 1. The minimum atomic E-state index is 0.196. The van der Waals surface area contributed by atoms with Crippen LogP contribution in [0.5, 0.6) is 0 Å². The summed E-state index contributed by atoms with van der Waals surface area (Å²) in [4.78, 5) is 0. The Morgan fingerprint density at radius 2 is 2.00 bits per heavy atom. The second-order valence-corrected chi connectivity index (χ2v) is 5.80. The predicted octanol–water partition coefficient (Wildman–Crippen LogP) is 3.43. The lowest BCUT2D eigenvalue weighted by Crippen LogP contribution is -2.43. The highest BCUT2D eigenvalue weighted by Gasteiger charge is 2.30. The van der Waals surface area contributed by atoms with Crippen molar-refractivity contribution in [2.45, 2.75) is 57.4 Å². The van der Waals surface area contributed by atoms with E-state index < -0.39 is 0 Å². The van der Waals surface area contributed by atoms with Crippen molar-refractivity contribution in [3.63, 3.8) is 0 Å². The lowest BCUT2D eigenvalue weighted by atomic mass is 9.74. The molecular formula is C12H25NS. The first-order valence-electron chi connectivity index (χ1n) is 5.98. The molecule has 0 unspecified atom stereocenters. The molecule has 0 atom stereocenters. The topological polar surface area (TPSA) is 26.0 Å². The Morgan fingerprint density at radius 3 is 2.50 bits per heavy atom. The highest BCUT2D eigenvalue weighted by molar-refractivity contribution is 7.98. The van der Waals surface area contributed by atoms with Crippen molar-refractivity contribution in [2.75, 3.05) is 12.0 Å². The Hall–Kier alpha value is 0.310. The van der Waals surface area contributed by atoms with Crippen LogP contribution in [0.4, 0.5) is 0 Å². The van der Waals surface area contributed by atoms with Crippen molar-refractivity contribution in [3.8, 4) is 0 Å². The fourth-order valence-corrected chi connectivity index (χ4v) is 2.91. The Morgan fingerprint density at radius 1 is 1.36 bits per heavy atom. The van der Waals surface area contributed by atoms with Gasteiger partial charge in [0.25, 0.3) is 0 Å². The van der Waals surface area contributed by atoms with Gasteiger partial charge in [-0.25, -0.2) is 0 Å². The van der Waals surface area contributed by atoms with E-state index in [-0.39, 0.29) is 5.54 Å². The maximum absolute atomic E-state index is 6.41. The zero-order valence-corrected chi connectivity index (χ0v) is 10.5. The van der Waals surface area contributed by atoms with Gasteiger partial charge in [-0.15, -0.1) is 0 Å². The number of hydrogen-bond donors (Lipinski definition) is 1. The highest BCUT2D eigenvalue weighted by atomic mass is 32.2. The Bertz CT molecular complexity index is 145. The normalized spacial score (nSPS) is 33.2. The number of hydrogen-bond acceptors (Lipinski definition) is 2. The van der Waals surface area contributed by atoms with Gasteiger partial charge in [0.1, 0.15) is 0 Å². The smallest absolute Gasteiger partial charge is 0.0154 e. The van der Waals surface area contributed by atoms with E-state index in [4.69, 9.17) is 5.73 Å². The summed E-state index contributed by atoms with van der Waals surface area (Å²) in [6.07, 6.45) is 11.3. The molecule has 0 aliphatic heterocycles. The van der Waals surface area contributed by atoms with Crippen molar-refractivity contribution in [1.82, 2.24) is 0 Å². The molecule has 2 N–H and O–H groups in total. The summed E-state index contributed by atoms with van der Waals surface area (Å²) < 4.78 is 0. The van der Waals surface area contributed by atoms with Gasteiger partial charge < -0.3 is 5.73 Å². The Kier molecular flexibility index (Phi) is 5.32. The molecule has 84 valence electrons. The predicted molar refractivity (Wildman–Crippen MR) is 66.8 cm³/mol. The van der Waals surface area contributed by atoms with Gasteiger partial charge in [0.05, 0.1) is 0 Å². The van der Waals surface area contributed by atoms with E-state index in [1.54, 1.807) is 0 Å². The van der Waals surface area contributed by atoms with Crippen LogP contribution in [0.15, 0.2) is 0 Å². The molecule has 0 saturated heterocycles. The monoisotopic (exact) mass is 215 g/mol. The zero-order valence-electron chi connectivity index (χ0n) is 9.72. The van der Waals surface area contributed by atoms with Crippen LogP contribution in [0.25, 0.3) is 0 Å². The van der Waals surface area contributed by atoms with Crippen molar-refractivity contribution in [2.24, 2.45) is 11.7 Å². The van der Waals surface area contributed by atoms with E-state index in [2.05, 4.69) is 13.2 Å². The molecule has 1 rings (SSSR count). The molecule has 0 aromatic carbocycles. The summed E-state index contributed by atoms with van der Waals surface area (Å²) in [5.41, 5.74) is 6.60. The van der Waals surface area contributed by atoms with Crippen molar-refractivity contribution in [1.29, 1.82) is 0 Å². The van der Waals surface area contributed by atoms with Crippen LogP contribution in [0, 0.1) is 5.92 Å². The molecule has 0 bridgehead atoms. The van der Waals surface area contributed by atoms with Crippen LogP contribution >= 0.6 is 11.8 Å². The van der Waals surface area contributed by atoms with Gasteiger partial charge in [0.15, 0.2) is 0 Å². The van der Waals surface area contributed by atoms with E-state index in [1.165, 1.54) is 50.7 Å². The second kappa shape index (κ2) is 6.02. The summed E-state index contributed by atoms with van der Waals surface area (Å²) in [7, 11) is 0. The largest absolute Gasteiger partial charge is 0.325 e. The molecule has 0 aromatic heterocycles. The van der Waals surface area contributed by atoms with E-state index in [9.17, 15) is 0 Å². The van der Waals surface area contributed by atoms with Gasteiger partial charge in [-0.05, 0) is 56.5 Å². The lowest BCUT2D eigenvalue weighted by Gasteiger charge is -2.37. The van der Waals surface area contributed by atoms with Crippen LogP contribution in [-0.4, -0.2) is 17.5 Å². The van der Waals surface area contributed by atoms with Gasteiger partial charge in [0, 0.05) is 5.54 Å².